The highest BCUT2D eigenvalue weighted by atomic mass is 16.7. The van der Waals surface area contributed by atoms with Gasteiger partial charge in [-0.1, -0.05) is 0 Å². The first kappa shape index (κ1) is 16.2. The van der Waals surface area contributed by atoms with Crippen molar-refractivity contribution in [2.75, 3.05) is 33.0 Å². The van der Waals surface area contributed by atoms with Crippen molar-refractivity contribution >= 4 is 0 Å². The maximum atomic E-state index is 6.42. The van der Waals surface area contributed by atoms with E-state index in [1.807, 2.05) is 13.8 Å². The van der Waals surface area contributed by atoms with Crippen LogP contribution in [0.4, 0.5) is 0 Å². The lowest BCUT2D eigenvalue weighted by atomic mass is 9.78. The second-order valence-corrected chi connectivity index (χ2v) is 5.75. The Labute approximate surface area is 122 Å². The van der Waals surface area contributed by atoms with Crippen LogP contribution in [0.15, 0.2) is 0 Å². The van der Waals surface area contributed by atoms with Crippen LogP contribution in [0.5, 0.6) is 0 Å². The van der Waals surface area contributed by atoms with Gasteiger partial charge in [0.2, 0.25) is 0 Å². The van der Waals surface area contributed by atoms with Gasteiger partial charge < -0.3 is 24.7 Å². The molecule has 0 saturated carbocycles. The van der Waals surface area contributed by atoms with Crippen LogP contribution in [-0.2, 0) is 18.9 Å². The van der Waals surface area contributed by atoms with E-state index in [1.54, 1.807) is 0 Å². The van der Waals surface area contributed by atoms with Crippen LogP contribution in [-0.4, -0.2) is 51.0 Å². The average molecular weight is 287 g/mol. The molecular formula is C15H29NO4. The summed E-state index contributed by atoms with van der Waals surface area (Å²) >= 11 is 0. The Morgan fingerprint density at radius 1 is 1.15 bits per heavy atom. The van der Waals surface area contributed by atoms with Gasteiger partial charge in [0, 0.05) is 33.0 Å². The van der Waals surface area contributed by atoms with Gasteiger partial charge in [-0.15, -0.1) is 0 Å². The van der Waals surface area contributed by atoms with Gasteiger partial charge in [-0.05, 0) is 45.4 Å². The van der Waals surface area contributed by atoms with E-state index < -0.39 is 0 Å². The van der Waals surface area contributed by atoms with E-state index in [1.165, 1.54) is 0 Å². The lowest BCUT2D eigenvalue weighted by Gasteiger charge is -2.45. The predicted octanol–water partition coefficient (Wildman–Crippen LogP) is 1.69. The third-order valence-electron chi connectivity index (χ3n) is 4.46. The van der Waals surface area contributed by atoms with Gasteiger partial charge >= 0.3 is 0 Å². The Kier molecular flexibility index (Phi) is 6.23. The smallest absolute Gasteiger partial charge is 0.172 e. The SMILES string of the molecule is CCOC(OCC)C(N)C1CCOC2(CCOCC2)C1. The third-order valence-corrected chi connectivity index (χ3v) is 4.46. The van der Waals surface area contributed by atoms with E-state index in [-0.39, 0.29) is 17.9 Å². The molecule has 2 rings (SSSR count). The van der Waals surface area contributed by atoms with E-state index in [0.717, 1.165) is 45.5 Å². The fraction of sp³-hybridized carbons (Fsp3) is 1.00. The van der Waals surface area contributed by atoms with Crippen LogP contribution in [0.2, 0.25) is 0 Å². The van der Waals surface area contributed by atoms with Gasteiger partial charge in [-0.3, -0.25) is 0 Å². The second kappa shape index (κ2) is 7.71. The zero-order chi connectivity index (χ0) is 14.4. The summed E-state index contributed by atoms with van der Waals surface area (Å²) in [6.45, 7) is 7.57. The zero-order valence-electron chi connectivity index (χ0n) is 12.8. The molecule has 0 aliphatic carbocycles. The summed E-state index contributed by atoms with van der Waals surface area (Å²) in [7, 11) is 0. The molecule has 0 aromatic heterocycles. The Morgan fingerprint density at radius 2 is 1.80 bits per heavy atom. The fourth-order valence-electron chi connectivity index (χ4n) is 3.31. The first-order valence-corrected chi connectivity index (χ1v) is 7.91. The molecule has 2 heterocycles. The molecule has 0 bridgehead atoms. The minimum Gasteiger partial charge on any atom is -0.381 e. The van der Waals surface area contributed by atoms with E-state index in [4.69, 9.17) is 24.7 Å². The van der Waals surface area contributed by atoms with Crippen molar-refractivity contribution in [1.29, 1.82) is 0 Å². The molecule has 20 heavy (non-hydrogen) atoms. The molecule has 2 unspecified atom stereocenters. The quantitative estimate of drug-likeness (QED) is 0.753. The molecule has 2 aliphatic rings. The molecule has 5 nitrogen and oxygen atoms in total. The first-order chi connectivity index (χ1) is 9.71. The summed E-state index contributed by atoms with van der Waals surface area (Å²) < 4.78 is 22.8. The summed E-state index contributed by atoms with van der Waals surface area (Å²) in [5.41, 5.74) is 6.39. The van der Waals surface area contributed by atoms with Crippen molar-refractivity contribution < 1.29 is 18.9 Å². The van der Waals surface area contributed by atoms with Crippen molar-refractivity contribution in [1.82, 2.24) is 0 Å². The van der Waals surface area contributed by atoms with Gasteiger partial charge in [-0.25, -0.2) is 0 Å². The Hall–Kier alpha value is -0.200. The molecule has 5 heteroatoms. The topological polar surface area (TPSA) is 62.9 Å². The number of ether oxygens (including phenoxy) is 4. The third kappa shape index (κ3) is 3.92. The van der Waals surface area contributed by atoms with Gasteiger partial charge in [0.1, 0.15) is 0 Å². The predicted molar refractivity (Wildman–Crippen MR) is 76.5 cm³/mol. The van der Waals surface area contributed by atoms with Gasteiger partial charge in [0.15, 0.2) is 6.29 Å². The maximum absolute atomic E-state index is 6.42. The number of rotatable bonds is 6. The zero-order valence-corrected chi connectivity index (χ0v) is 12.8. The molecule has 2 atom stereocenters. The molecule has 2 fully saturated rings. The van der Waals surface area contributed by atoms with Crippen LogP contribution in [0, 0.1) is 5.92 Å². The van der Waals surface area contributed by atoms with Gasteiger partial charge in [0.05, 0.1) is 11.6 Å². The molecule has 2 saturated heterocycles. The molecule has 0 radical (unpaired) electrons. The summed E-state index contributed by atoms with van der Waals surface area (Å²) in [4.78, 5) is 0. The molecule has 0 amide bonds. The normalized spacial score (nSPS) is 27.9. The van der Waals surface area contributed by atoms with Crippen molar-refractivity contribution in [3.05, 3.63) is 0 Å². The Balaban J connectivity index is 1.95. The minimum atomic E-state index is -0.301. The Bertz CT molecular complexity index is 270. The van der Waals surface area contributed by atoms with E-state index in [9.17, 15) is 0 Å². The maximum Gasteiger partial charge on any atom is 0.172 e. The molecule has 1 spiro atoms. The highest BCUT2D eigenvalue weighted by Gasteiger charge is 2.42. The fourth-order valence-corrected chi connectivity index (χ4v) is 3.31. The van der Waals surface area contributed by atoms with Gasteiger partial charge in [0.25, 0.3) is 0 Å². The van der Waals surface area contributed by atoms with Crippen LogP contribution < -0.4 is 5.73 Å². The van der Waals surface area contributed by atoms with Crippen LogP contribution in [0.1, 0.15) is 39.5 Å². The standard InChI is InChI=1S/C15H29NO4/c1-3-18-14(19-4-2)13(16)12-5-8-20-15(11-12)6-9-17-10-7-15/h12-14H,3-11,16H2,1-2H3. The van der Waals surface area contributed by atoms with Crippen molar-refractivity contribution in [2.24, 2.45) is 11.7 Å². The van der Waals surface area contributed by atoms with Crippen LogP contribution in [0.3, 0.4) is 0 Å². The molecular weight excluding hydrogens is 258 g/mol. The molecule has 0 aromatic rings. The lowest BCUT2D eigenvalue weighted by Crippen LogP contribution is -2.52. The monoisotopic (exact) mass is 287 g/mol. The number of hydrogen-bond donors (Lipinski definition) is 1. The summed E-state index contributed by atoms with van der Waals surface area (Å²) in [6.07, 6.45) is 3.63. The van der Waals surface area contributed by atoms with Crippen molar-refractivity contribution in [3.63, 3.8) is 0 Å². The second-order valence-electron chi connectivity index (χ2n) is 5.75. The number of hydrogen-bond acceptors (Lipinski definition) is 5. The summed E-state index contributed by atoms with van der Waals surface area (Å²) in [6, 6.07) is -0.0847. The average Bonchev–Trinajstić information content (AvgIpc) is 2.47. The Morgan fingerprint density at radius 3 is 2.40 bits per heavy atom. The van der Waals surface area contributed by atoms with Crippen molar-refractivity contribution in [2.45, 2.75) is 57.5 Å². The highest BCUT2D eigenvalue weighted by molar-refractivity contribution is 4.92. The lowest BCUT2D eigenvalue weighted by molar-refractivity contribution is -0.183. The molecule has 2 N–H and O–H groups in total. The largest absolute Gasteiger partial charge is 0.381 e. The summed E-state index contributed by atoms with van der Waals surface area (Å²) in [5, 5.41) is 0. The first-order valence-electron chi connectivity index (χ1n) is 7.91. The summed E-state index contributed by atoms with van der Waals surface area (Å²) in [5.74, 6) is 0.393. The molecule has 118 valence electrons. The van der Waals surface area contributed by atoms with Crippen LogP contribution >= 0.6 is 0 Å². The molecule has 0 aromatic carbocycles. The van der Waals surface area contributed by atoms with E-state index in [0.29, 0.717) is 19.1 Å². The van der Waals surface area contributed by atoms with Crippen molar-refractivity contribution in [3.8, 4) is 0 Å². The minimum absolute atomic E-state index is 0.0260. The number of nitrogens with two attached hydrogens (primary N) is 1. The highest BCUT2D eigenvalue weighted by Crippen LogP contribution is 2.38. The van der Waals surface area contributed by atoms with Crippen LogP contribution in [0.25, 0.3) is 0 Å². The molecule has 2 aliphatic heterocycles. The van der Waals surface area contributed by atoms with Gasteiger partial charge in [-0.2, -0.15) is 0 Å². The van der Waals surface area contributed by atoms with E-state index >= 15 is 0 Å². The van der Waals surface area contributed by atoms with E-state index in [2.05, 4.69) is 0 Å².